The number of ether oxygens (including phenoxy) is 2. The van der Waals surface area contributed by atoms with Crippen molar-refractivity contribution in [3.05, 3.63) is 59.0 Å². The molecule has 8 heteroatoms. The van der Waals surface area contributed by atoms with Crippen molar-refractivity contribution in [3.8, 4) is 23.0 Å². The Hall–Kier alpha value is -3.81. The molecule has 0 bridgehead atoms. The molecule has 0 unspecified atom stereocenters. The summed E-state index contributed by atoms with van der Waals surface area (Å²) in [6, 6.07) is 9.41. The molecule has 0 saturated carbocycles. The van der Waals surface area contributed by atoms with E-state index >= 15 is 0 Å². The van der Waals surface area contributed by atoms with Crippen LogP contribution in [0.15, 0.2) is 41.0 Å². The first-order chi connectivity index (χ1) is 15.5. The monoisotopic (exact) mass is 432 g/mol. The average molecular weight is 432 g/mol. The van der Waals surface area contributed by atoms with Gasteiger partial charge in [-0.2, -0.15) is 5.10 Å². The van der Waals surface area contributed by atoms with Crippen molar-refractivity contribution in [1.82, 2.24) is 19.7 Å². The van der Waals surface area contributed by atoms with Gasteiger partial charge >= 0.3 is 0 Å². The van der Waals surface area contributed by atoms with Gasteiger partial charge in [-0.25, -0.2) is 4.98 Å². The molecule has 0 N–H and O–H groups in total. The van der Waals surface area contributed by atoms with Crippen LogP contribution in [-0.2, 0) is 20.0 Å². The van der Waals surface area contributed by atoms with Crippen LogP contribution in [0.2, 0.25) is 0 Å². The van der Waals surface area contributed by atoms with Gasteiger partial charge in [-0.15, -0.1) is 0 Å². The van der Waals surface area contributed by atoms with Crippen molar-refractivity contribution in [2.75, 3.05) is 20.8 Å². The molecule has 0 fully saturated rings. The first kappa shape index (κ1) is 20.1. The third-order valence-electron chi connectivity index (χ3n) is 5.98. The number of nitrogens with zero attached hydrogens (tertiary/aromatic N) is 4. The highest BCUT2D eigenvalue weighted by molar-refractivity contribution is 6.07. The topological polar surface area (TPSA) is 82.6 Å². The average Bonchev–Trinajstić information content (AvgIpc) is 3.45. The van der Waals surface area contributed by atoms with E-state index < -0.39 is 0 Å². The summed E-state index contributed by atoms with van der Waals surface area (Å²) in [5.41, 5.74) is 4.84. The minimum atomic E-state index is -0.0539. The molecule has 8 nitrogen and oxygen atoms in total. The molecule has 0 aliphatic carbocycles. The normalized spacial score (nSPS) is 13.3. The number of hydrogen-bond acceptors (Lipinski definition) is 6. The Balaban J connectivity index is 1.57. The van der Waals surface area contributed by atoms with E-state index in [1.54, 1.807) is 31.2 Å². The molecule has 4 aromatic rings. The van der Waals surface area contributed by atoms with E-state index in [4.69, 9.17) is 18.9 Å². The molecular weight excluding hydrogens is 408 g/mol. The zero-order chi connectivity index (χ0) is 22.4. The number of carbonyl (C=O) groups is 1. The fourth-order valence-corrected chi connectivity index (χ4v) is 4.39. The summed E-state index contributed by atoms with van der Waals surface area (Å²) in [6.45, 7) is 3.00. The maximum atomic E-state index is 13.8. The van der Waals surface area contributed by atoms with Crippen LogP contribution < -0.4 is 9.47 Å². The zero-order valence-electron chi connectivity index (χ0n) is 18.5. The molecule has 0 radical (unpaired) electrons. The summed E-state index contributed by atoms with van der Waals surface area (Å²) in [6.07, 6.45) is 2.34. The summed E-state index contributed by atoms with van der Waals surface area (Å²) in [5, 5.41) is 5.27. The Morgan fingerprint density at radius 2 is 1.88 bits per heavy atom. The molecule has 0 saturated heterocycles. The van der Waals surface area contributed by atoms with Crippen LogP contribution in [-0.4, -0.2) is 46.3 Å². The van der Waals surface area contributed by atoms with Crippen molar-refractivity contribution in [3.63, 3.8) is 0 Å². The highest BCUT2D eigenvalue weighted by Crippen LogP contribution is 2.34. The van der Waals surface area contributed by atoms with E-state index in [0.717, 1.165) is 23.1 Å². The van der Waals surface area contributed by atoms with Gasteiger partial charge in [0.2, 0.25) is 0 Å². The number of aromatic nitrogens is 3. The number of amides is 1. The van der Waals surface area contributed by atoms with Crippen molar-refractivity contribution in [2.24, 2.45) is 7.05 Å². The lowest BCUT2D eigenvalue weighted by molar-refractivity contribution is 0.0736. The summed E-state index contributed by atoms with van der Waals surface area (Å²) in [4.78, 5) is 20.3. The van der Waals surface area contributed by atoms with Crippen LogP contribution >= 0.6 is 0 Å². The second kappa shape index (κ2) is 7.71. The first-order valence-electron chi connectivity index (χ1n) is 10.4. The summed E-state index contributed by atoms with van der Waals surface area (Å²) in [5.74, 6) is 1.92. The fraction of sp³-hybridized carbons (Fsp3) is 0.292. The molecular formula is C24H24N4O4. The molecule has 1 amide bonds. The second-order valence-corrected chi connectivity index (χ2v) is 7.89. The maximum absolute atomic E-state index is 13.8. The third kappa shape index (κ3) is 3.19. The number of rotatable bonds is 4. The Labute approximate surface area is 185 Å². The number of benzene rings is 1. The number of hydrogen-bond donors (Lipinski definition) is 0. The Morgan fingerprint density at radius 3 is 2.56 bits per heavy atom. The van der Waals surface area contributed by atoms with Crippen molar-refractivity contribution < 1.29 is 18.7 Å². The number of furan rings is 1. The van der Waals surface area contributed by atoms with E-state index in [1.807, 2.05) is 43.1 Å². The third-order valence-corrected chi connectivity index (χ3v) is 5.98. The van der Waals surface area contributed by atoms with Crippen LogP contribution in [0.4, 0.5) is 0 Å². The van der Waals surface area contributed by atoms with Crippen molar-refractivity contribution in [1.29, 1.82) is 0 Å². The van der Waals surface area contributed by atoms with Gasteiger partial charge in [-0.05, 0) is 54.8 Å². The van der Waals surface area contributed by atoms with Gasteiger partial charge in [0.1, 0.15) is 5.69 Å². The van der Waals surface area contributed by atoms with Crippen LogP contribution in [0, 0.1) is 6.92 Å². The van der Waals surface area contributed by atoms with Gasteiger partial charge in [0.25, 0.3) is 5.91 Å². The lowest BCUT2D eigenvalue weighted by Gasteiger charge is -2.30. The first-order valence-corrected chi connectivity index (χ1v) is 10.4. The van der Waals surface area contributed by atoms with Crippen molar-refractivity contribution in [2.45, 2.75) is 19.9 Å². The quantitative estimate of drug-likeness (QED) is 0.488. The molecule has 5 rings (SSSR count). The number of aryl methyl sites for hydroxylation is 2. The lowest BCUT2D eigenvalue weighted by atomic mass is 9.97. The highest BCUT2D eigenvalue weighted by atomic mass is 16.5. The fourth-order valence-electron chi connectivity index (χ4n) is 4.39. The van der Waals surface area contributed by atoms with Crippen molar-refractivity contribution >= 4 is 16.9 Å². The molecule has 1 aliphatic rings. The molecule has 32 heavy (non-hydrogen) atoms. The van der Waals surface area contributed by atoms with Crippen LogP contribution in [0.1, 0.15) is 27.2 Å². The van der Waals surface area contributed by atoms with Crippen LogP contribution in [0.25, 0.3) is 22.5 Å². The molecule has 4 heterocycles. The van der Waals surface area contributed by atoms with E-state index in [0.29, 0.717) is 47.3 Å². The van der Waals surface area contributed by atoms with Gasteiger partial charge in [-0.3, -0.25) is 9.48 Å². The maximum Gasteiger partial charge on any atom is 0.255 e. The van der Waals surface area contributed by atoms with Crippen LogP contribution in [0.5, 0.6) is 11.5 Å². The van der Waals surface area contributed by atoms with Gasteiger partial charge in [-0.1, -0.05) is 0 Å². The van der Waals surface area contributed by atoms with E-state index in [-0.39, 0.29) is 5.91 Å². The van der Waals surface area contributed by atoms with Gasteiger partial charge < -0.3 is 18.8 Å². The Kier molecular flexibility index (Phi) is 4.84. The Morgan fingerprint density at radius 1 is 1.12 bits per heavy atom. The van der Waals surface area contributed by atoms with Gasteiger partial charge in [0.15, 0.2) is 22.9 Å². The number of fused-ring (bicyclic) bond motifs is 2. The minimum Gasteiger partial charge on any atom is -0.493 e. The summed E-state index contributed by atoms with van der Waals surface area (Å²) < 4.78 is 18.1. The largest absolute Gasteiger partial charge is 0.493 e. The van der Waals surface area contributed by atoms with Crippen LogP contribution in [0.3, 0.4) is 0 Å². The van der Waals surface area contributed by atoms with Gasteiger partial charge in [0.05, 0.1) is 37.1 Å². The summed E-state index contributed by atoms with van der Waals surface area (Å²) in [7, 11) is 5.08. The van der Waals surface area contributed by atoms with E-state index in [2.05, 4.69) is 5.10 Å². The van der Waals surface area contributed by atoms with E-state index in [9.17, 15) is 4.79 Å². The molecule has 164 valence electrons. The number of pyridine rings is 1. The second-order valence-electron chi connectivity index (χ2n) is 7.89. The Bertz CT molecular complexity index is 1320. The SMILES string of the molecule is COc1cc2c(cc1OC)CN(C(=O)c1cc(-c3ccco3)nc3c1c(C)nn3C)CC2. The summed E-state index contributed by atoms with van der Waals surface area (Å²) >= 11 is 0. The lowest BCUT2D eigenvalue weighted by Crippen LogP contribution is -2.36. The molecule has 3 aromatic heterocycles. The van der Waals surface area contributed by atoms with E-state index in [1.165, 1.54) is 5.56 Å². The smallest absolute Gasteiger partial charge is 0.255 e. The predicted octanol–water partition coefficient (Wildman–Crippen LogP) is 3.75. The minimum absolute atomic E-state index is 0.0539. The predicted molar refractivity (Wildman–Crippen MR) is 119 cm³/mol. The number of methoxy groups -OCH3 is 2. The van der Waals surface area contributed by atoms with Gasteiger partial charge in [0, 0.05) is 20.1 Å². The molecule has 1 aliphatic heterocycles. The number of carbonyl (C=O) groups excluding carboxylic acids is 1. The molecule has 0 atom stereocenters. The zero-order valence-corrected chi connectivity index (χ0v) is 18.5. The highest BCUT2D eigenvalue weighted by Gasteiger charge is 2.27. The molecule has 1 aromatic carbocycles. The standard InChI is InChI=1S/C24H24N4O4/c1-14-22-17(12-18(19-6-5-9-32-19)25-23(22)27(2)26-14)24(29)28-8-7-15-10-20(30-3)21(31-4)11-16(15)13-28/h5-6,9-12H,7-8,13H2,1-4H3. The molecule has 0 spiro atoms.